The van der Waals surface area contributed by atoms with Crippen molar-refractivity contribution in [3.05, 3.63) is 51.8 Å². The van der Waals surface area contributed by atoms with E-state index in [-0.39, 0.29) is 41.6 Å². The van der Waals surface area contributed by atoms with Crippen LogP contribution in [0, 0.1) is 16.6 Å². The second-order valence-corrected chi connectivity index (χ2v) is 17.0. The van der Waals surface area contributed by atoms with Crippen LogP contribution >= 0.6 is 0 Å². The Kier molecular flexibility index (Phi) is 8.94. The van der Waals surface area contributed by atoms with Crippen LogP contribution in [0.15, 0.2) is 24.3 Å². The predicted octanol–water partition coefficient (Wildman–Crippen LogP) is 3.95. The molecule has 5 fully saturated rings. The van der Waals surface area contributed by atoms with Crippen molar-refractivity contribution in [3.8, 4) is 11.8 Å². The van der Waals surface area contributed by atoms with E-state index in [1.54, 1.807) is 19.1 Å². The maximum absolute atomic E-state index is 17.4. The summed E-state index contributed by atoms with van der Waals surface area (Å²) in [5.41, 5.74) is -0.101. The van der Waals surface area contributed by atoms with E-state index in [9.17, 15) is 10.2 Å². The Morgan fingerprint density at radius 1 is 1.06 bits per heavy atom. The summed E-state index contributed by atoms with van der Waals surface area (Å²) < 4.78 is 56.6. The first-order valence-electron chi connectivity index (χ1n) is 19.6. The molecule has 54 heavy (non-hydrogen) atoms. The van der Waals surface area contributed by atoms with Crippen molar-refractivity contribution in [1.29, 1.82) is 0 Å². The molecule has 290 valence electrons. The Morgan fingerprint density at radius 2 is 1.87 bits per heavy atom. The monoisotopic (exact) mass is 747 g/mol. The molecule has 4 aliphatic heterocycles. The van der Waals surface area contributed by atoms with Crippen molar-refractivity contribution in [2.24, 2.45) is 10.8 Å². The number of phenolic OH excluding ortho intramolecular Hbond substituents is 1. The minimum atomic E-state index is -1.20. The van der Waals surface area contributed by atoms with Crippen molar-refractivity contribution in [2.45, 2.75) is 88.9 Å². The first kappa shape index (κ1) is 35.9. The molecule has 2 aromatic carbocycles. The van der Waals surface area contributed by atoms with Crippen LogP contribution in [0.3, 0.4) is 0 Å². The normalized spacial score (nSPS) is 29.6. The van der Waals surface area contributed by atoms with E-state index in [0.29, 0.717) is 76.6 Å². The number of hydrogen-bond acceptors (Lipinski definition) is 11. The average molecular weight is 748 g/mol. The summed E-state index contributed by atoms with van der Waals surface area (Å²) in [6.45, 7) is 7.84. The molecule has 6 aliphatic rings. The number of rotatable bonds is 8. The number of methoxy groups -OCH3 is 1. The molecule has 5 heterocycles. The number of benzene rings is 2. The number of ether oxygens (including phenoxy) is 4. The van der Waals surface area contributed by atoms with Crippen molar-refractivity contribution in [1.82, 2.24) is 20.2 Å². The Morgan fingerprint density at radius 3 is 2.63 bits per heavy atom. The number of nitrogens with one attached hydrogen (secondary N) is 1. The molecule has 11 nitrogen and oxygen atoms in total. The summed E-state index contributed by atoms with van der Waals surface area (Å²) in [5.74, 6) is -0.557. The Balaban J connectivity index is 1.14. The minimum Gasteiger partial charge on any atom is -0.508 e. The molecule has 3 aromatic rings. The number of aliphatic hydroxyl groups is 1. The number of aryl methyl sites for hydroxylation is 1. The lowest BCUT2D eigenvalue weighted by Gasteiger charge is -2.60. The van der Waals surface area contributed by atoms with E-state index in [0.717, 1.165) is 51.9 Å². The van der Waals surface area contributed by atoms with Gasteiger partial charge in [-0.15, -0.1) is 0 Å². The van der Waals surface area contributed by atoms with Crippen LogP contribution in [0.4, 0.5) is 14.6 Å². The number of β-amino-alcohol motifs (C(OH)–C–C–N with tert-alkyl or cyclic N) is 1. The zero-order chi connectivity index (χ0) is 37.4. The zero-order valence-corrected chi connectivity index (χ0v) is 31.4. The molecule has 4 atom stereocenters. The van der Waals surface area contributed by atoms with Gasteiger partial charge in [0.05, 0.1) is 46.7 Å². The van der Waals surface area contributed by atoms with Gasteiger partial charge in [0.1, 0.15) is 39.6 Å². The number of phenols is 1. The van der Waals surface area contributed by atoms with Gasteiger partial charge in [0.25, 0.3) is 0 Å². The summed E-state index contributed by atoms with van der Waals surface area (Å²) in [7, 11) is 1.48. The van der Waals surface area contributed by atoms with Crippen LogP contribution < -0.4 is 25.5 Å². The third kappa shape index (κ3) is 5.97. The molecular formula is C41H51F2N5O6. The lowest BCUT2D eigenvalue weighted by atomic mass is 9.62. The van der Waals surface area contributed by atoms with Crippen molar-refractivity contribution in [3.63, 3.8) is 0 Å². The number of aromatic hydroxyl groups is 1. The van der Waals surface area contributed by atoms with E-state index in [2.05, 4.69) is 10.2 Å². The Bertz CT molecular complexity index is 2090. The second-order valence-electron chi connectivity index (χ2n) is 17.0. The number of hydrogen-bond donors (Lipinski definition) is 3. The predicted molar refractivity (Wildman–Crippen MR) is 198 cm³/mol. The first-order chi connectivity index (χ1) is 26.0. The van der Waals surface area contributed by atoms with Crippen LogP contribution in [0.2, 0.25) is 0 Å². The fourth-order valence-corrected chi connectivity index (χ4v) is 10.6. The van der Waals surface area contributed by atoms with Crippen LogP contribution in [0.1, 0.15) is 76.0 Å². The molecule has 2 saturated carbocycles. The molecule has 0 amide bonds. The van der Waals surface area contributed by atoms with Crippen molar-refractivity contribution in [2.75, 3.05) is 64.7 Å². The molecule has 3 saturated heterocycles. The average Bonchev–Trinajstić information content (AvgIpc) is 3.47. The summed E-state index contributed by atoms with van der Waals surface area (Å²) in [5, 5.41) is 26.6. The number of aromatic nitrogens is 2. The summed E-state index contributed by atoms with van der Waals surface area (Å²) >= 11 is 0. The zero-order valence-electron chi connectivity index (χ0n) is 31.4. The largest absolute Gasteiger partial charge is 0.508 e. The molecular weight excluding hydrogens is 696 g/mol. The third-order valence-corrected chi connectivity index (χ3v) is 13.1. The van der Waals surface area contributed by atoms with Gasteiger partial charge in [-0.2, -0.15) is 9.97 Å². The van der Waals surface area contributed by atoms with Gasteiger partial charge in [-0.3, -0.25) is 4.90 Å². The topological polar surface area (TPSA) is 122 Å². The number of anilines is 1. The maximum Gasteiger partial charge on any atom is 0.319 e. The molecule has 3 N–H and O–H groups in total. The first-order valence-corrected chi connectivity index (χ1v) is 19.6. The van der Waals surface area contributed by atoms with E-state index >= 15 is 8.78 Å². The highest BCUT2D eigenvalue weighted by atomic mass is 19.1. The molecule has 0 bridgehead atoms. The van der Waals surface area contributed by atoms with Gasteiger partial charge >= 0.3 is 6.01 Å². The fourth-order valence-electron chi connectivity index (χ4n) is 10.6. The fraction of sp³-hybridized carbons (Fsp3) is 0.610. The lowest BCUT2D eigenvalue weighted by molar-refractivity contribution is -0.196. The summed E-state index contributed by atoms with van der Waals surface area (Å²) in [4.78, 5) is 14.4. The number of piperidine rings is 1. The number of halogens is 2. The summed E-state index contributed by atoms with van der Waals surface area (Å²) in [6, 6.07) is 5.85. The smallest absolute Gasteiger partial charge is 0.319 e. The number of likely N-dealkylation sites (tertiary alicyclic amines) is 1. The van der Waals surface area contributed by atoms with Crippen LogP contribution in [0.25, 0.3) is 22.5 Å². The second kappa shape index (κ2) is 13.5. The highest BCUT2D eigenvalue weighted by Crippen LogP contribution is 2.55. The van der Waals surface area contributed by atoms with Crippen molar-refractivity contribution >= 4 is 28.3 Å². The van der Waals surface area contributed by atoms with Gasteiger partial charge in [-0.25, -0.2) is 8.78 Å². The van der Waals surface area contributed by atoms with Crippen LogP contribution in [-0.4, -0.2) is 103 Å². The number of nitrogens with zero attached hydrogens (tertiary/aromatic N) is 4. The van der Waals surface area contributed by atoms with Gasteiger partial charge < -0.3 is 39.4 Å². The molecule has 1 aromatic heterocycles. The summed E-state index contributed by atoms with van der Waals surface area (Å²) in [6.07, 6.45) is 8.22. The van der Waals surface area contributed by atoms with Gasteiger partial charge in [0.15, 0.2) is 5.83 Å². The standard InChI is InChI=1S/C41H51F2N5O6/c1-4-27-29(42)9-8-24-15-26(49)16-28(31(24)27)34-33(43)35-32(37(44-34)51-3)36(47-13-14-52-20-39(2,50)19-47)46-38(45-35)54-23-41-10-5-7-30(41)48(12-6-11-41)25-17-40(18-25)21-53-22-40/h8-9,15-16,25,30,34,44,49-50H,4-7,10-14,17-23H2,1-3H3/t30-,34?,39+,41?/m1/s1. The van der Waals surface area contributed by atoms with Crippen LogP contribution in [0.5, 0.6) is 11.8 Å². The van der Waals surface area contributed by atoms with Crippen LogP contribution in [-0.2, 0) is 20.6 Å². The lowest BCUT2D eigenvalue weighted by Crippen LogP contribution is -2.64. The molecule has 13 heteroatoms. The SMILES string of the molecule is CCc1c(F)ccc2cc(O)cc(C3NC(OC)=c4c(N5CCOC[C@@](C)(O)C5)nc(OCC56CCC[C@H]5N(C5CC7(COC7)C5)CCC6)nc4=C3F)c12. The highest BCUT2D eigenvalue weighted by Gasteiger charge is 2.57. The minimum absolute atomic E-state index is 0.0143. The Hall–Kier alpha value is -3.78. The van der Waals surface area contributed by atoms with Gasteiger partial charge in [-0.1, -0.05) is 19.4 Å². The van der Waals surface area contributed by atoms with E-state index in [1.807, 2.05) is 11.8 Å². The quantitative estimate of drug-likeness (QED) is 0.311. The molecule has 2 aliphatic carbocycles. The maximum atomic E-state index is 17.4. The highest BCUT2D eigenvalue weighted by molar-refractivity contribution is 5.92. The number of fused-ring (bicyclic) bond motifs is 3. The molecule has 0 radical (unpaired) electrons. The molecule has 1 spiro atoms. The van der Waals surface area contributed by atoms with Crippen molar-refractivity contribution < 1.29 is 37.9 Å². The Labute approximate surface area is 313 Å². The van der Waals surface area contributed by atoms with Gasteiger partial charge in [0.2, 0.25) is 5.88 Å². The van der Waals surface area contributed by atoms with E-state index < -0.39 is 23.3 Å². The van der Waals surface area contributed by atoms with Gasteiger partial charge in [-0.05, 0) is 98.5 Å². The third-order valence-electron chi connectivity index (χ3n) is 13.1. The van der Waals surface area contributed by atoms with Gasteiger partial charge in [0, 0.05) is 29.5 Å². The molecule has 2 unspecified atom stereocenters. The van der Waals surface area contributed by atoms with E-state index in [1.165, 1.54) is 32.1 Å². The van der Waals surface area contributed by atoms with E-state index in [4.69, 9.17) is 28.9 Å². The molecule has 9 rings (SSSR count).